The molecule has 3 nitrogen and oxygen atoms in total. The third-order valence-corrected chi connectivity index (χ3v) is 4.19. The largest absolute Gasteiger partial charge is 0.396 e. The first-order valence-corrected chi connectivity index (χ1v) is 6.74. The first-order valence-electron chi connectivity index (χ1n) is 6.74. The second-order valence-corrected chi connectivity index (χ2v) is 5.48. The van der Waals surface area contributed by atoms with Crippen LogP contribution < -0.4 is 5.32 Å². The quantitative estimate of drug-likeness (QED) is 0.725. The normalized spacial score (nSPS) is 32.6. The molecule has 1 saturated carbocycles. The summed E-state index contributed by atoms with van der Waals surface area (Å²) in [5.74, 6) is 0. The molecule has 0 spiro atoms. The lowest BCUT2D eigenvalue weighted by Gasteiger charge is -2.31. The zero-order valence-electron chi connectivity index (χ0n) is 10.4. The van der Waals surface area contributed by atoms with Gasteiger partial charge < -0.3 is 15.2 Å². The molecule has 3 heteroatoms. The lowest BCUT2D eigenvalue weighted by molar-refractivity contribution is -0.000996. The number of hydrogen-bond donors (Lipinski definition) is 2. The molecule has 1 saturated heterocycles. The first-order chi connectivity index (χ1) is 7.78. The van der Waals surface area contributed by atoms with Crippen molar-refractivity contribution in [2.45, 2.75) is 57.6 Å². The Labute approximate surface area is 98.6 Å². The summed E-state index contributed by atoms with van der Waals surface area (Å²) in [5, 5.41) is 12.7. The fraction of sp³-hybridized carbons (Fsp3) is 1.00. The van der Waals surface area contributed by atoms with Gasteiger partial charge in [0.2, 0.25) is 0 Å². The topological polar surface area (TPSA) is 41.5 Å². The zero-order chi connectivity index (χ0) is 11.4. The fourth-order valence-electron chi connectivity index (χ4n) is 2.64. The van der Waals surface area contributed by atoms with Crippen LogP contribution in [0, 0.1) is 5.41 Å². The third kappa shape index (κ3) is 3.19. The monoisotopic (exact) mass is 227 g/mol. The SMILES string of the molecule is CCC1CC(NCC2(CCO)CC2)CCO1. The van der Waals surface area contributed by atoms with Crippen LogP contribution in [0.2, 0.25) is 0 Å². The second kappa shape index (κ2) is 5.48. The molecular formula is C13H25NO2. The van der Waals surface area contributed by atoms with Gasteiger partial charge in [0.05, 0.1) is 6.10 Å². The summed E-state index contributed by atoms with van der Waals surface area (Å²) in [6, 6.07) is 0.634. The highest BCUT2D eigenvalue weighted by Crippen LogP contribution is 2.48. The summed E-state index contributed by atoms with van der Waals surface area (Å²) in [7, 11) is 0. The van der Waals surface area contributed by atoms with Crippen molar-refractivity contribution in [3.05, 3.63) is 0 Å². The molecule has 2 fully saturated rings. The molecule has 0 amide bonds. The molecule has 94 valence electrons. The standard InChI is InChI=1S/C13H25NO2/c1-2-12-9-11(3-8-16-12)14-10-13(4-5-13)6-7-15/h11-12,14-15H,2-10H2,1H3. The smallest absolute Gasteiger partial charge is 0.0587 e. The van der Waals surface area contributed by atoms with Crippen LogP contribution in [0.4, 0.5) is 0 Å². The summed E-state index contributed by atoms with van der Waals surface area (Å²) in [6.07, 6.45) is 7.44. The van der Waals surface area contributed by atoms with E-state index in [1.807, 2.05) is 0 Å². The van der Waals surface area contributed by atoms with Crippen LogP contribution in [-0.4, -0.2) is 37.0 Å². The third-order valence-electron chi connectivity index (χ3n) is 4.19. The molecule has 1 aliphatic heterocycles. The van der Waals surface area contributed by atoms with E-state index in [4.69, 9.17) is 9.84 Å². The van der Waals surface area contributed by atoms with E-state index in [0.717, 1.165) is 38.8 Å². The van der Waals surface area contributed by atoms with Crippen molar-refractivity contribution in [3.63, 3.8) is 0 Å². The molecular weight excluding hydrogens is 202 g/mol. The van der Waals surface area contributed by atoms with Gasteiger partial charge in [-0.2, -0.15) is 0 Å². The van der Waals surface area contributed by atoms with E-state index in [1.54, 1.807) is 0 Å². The maximum atomic E-state index is 9.01. The Morgan fingerprint density at radius 2 is 2.25 bits per heavy atom. The molecule has 2 aliphatic rings. The summed E-state index contributed by atoms with van der Waals surface area (Å²) in [5.41, 5.74) is 0.439. The molecule has 2 rings (SSSR count). The van der Waals surface area contributed by atoms with Gasteiger partial charge in [0.25, 0.3) is 0 Å². The summed E-state index contributed by atoms with van der Waals surface area (Å²) >= 11 is 0. The first kappa shape index (κ1) is 12.3. The molecule has 0 aromatic rings. The minimum absolute atomic E-state index is 0.340. The van der Waals surface area contributed by atoms with E-state index in [-0.39, 0.29) is 0 Å². The molecule has 2 atom stereocenters. The molecule has 0 aromatic heterocycles. The molecule has 1 heterocycles. The van der Waals surface area contributed by atoms with Crippen molar-refractivity contribution in [2.75, 3.05) is 19.8 Å². The van der Waals surface area contributed by atoms with Crippen molar-refractivity contribution in [1.82, 2.24) is 5.32 Å². The van der Waals surface area contributed by atoms with Gasteiger partial charge in [-0.3, -0.25) is 0 Å². The van der Waals surface area contributed by atoms with Gasteiger partial charge in [0.15, 0.2) is 0 Å². The van der Waals surface area contributed by atoms with Crippen LogP contribution in [0.15, 0.2) is 0 Å². The summed E-state index contributed by atoms with van der Waals surface area (Å²) < 4.78 is 5.67. The maximum absolute atomic E-state index is 9.01. The van der Waals surface area contributed by atoms with Gasteiger partial charge in [-0.25, -0.2) is 0 Å². The number of aliphatic hydroxyl groups excluding tert-OH is 1. The van der Waals surface area contributed by atoms with E-state index >= 15 is 0 Å². The van der Waals surface area contributed by atoms with E-state index in [0.29, 0.717) is 24.2 Å². The van der Waals surface area contributed by atoms with Crippen LogP contribution >= 0.6 is 0 Å². The van der Waals surface area contributed by atoms with Gasteiger partial charge in [0, 0.05) is 25.8 Å². The minimum Gasteiger partial charge on any atom is -0.396 e. The molecule has 0 aromatic carbocycles. The number of nitrogens with one attached hydrogen (secondary N) is 1. The highest BCUT2D eigenvalue weighted by atomic mass is 16.5. The molecule has 1 aliphatic carbocycles. The van der Waals surface area contributed by atoms with Crippen LogP contribution in [0.5, 0.6) is 0 Å². The van der Waals surface area contributed by atoms with Crippen LogP contribution in [0.1, 0.15) is 45.4 Å². The van der Waals surface area contributed by atoms with Crippen molar-refractivity contribution in [3.8, 4) is 0 Å². The van der Waals surface area contributed by atoms with E-state index in [2.05, 4.69) is 12.2 Å². The average Bonchev–Trinajstić information content (AvgIpc) is 3.08. The Morgan fingerprint density at radius 1 is 1.44 bits per heavy atom. The van der Waals surface area contributed by atoms with Crippen LogP contribution in [0.25, 0.3) is 0 Å². The Kier molecular flexibility index (Phi) is 4.22. The van der Waals surface area contributed by atoms with Crippen molar-refractivity contribution in [1.29, 1.82) is 0 Å². The van der Waals surface area contributed by atoms with Crippen molar-refractivity contribution in [2.24, 2.45) is 5.41 Å². The van der Waals surface area contributed by atoms with Gasteiger partial charge in [-0.1, -0.05) is 6.92 Å². The Balaban J connectivity index is 1.69. The van der Waals surface area contributed by atoms with Gasteiger partial charge in [0.1, 0.15) is 0 Å². The van der Waals surface area contributed by atoms with Crippen LogP contribution in [0.3, 0.4) is 0 Å². The number of rotatable bonds is 6. The lowest BCUT2D eigenvalue weighted by Crippen LogP contribution is -2.41. The molecule has 2 N–H and O–H groups in total. The highest BCUT2D eigenvalue weighted by Gasteiger charge is 2.41. The zero-order valence-corrected chi connectivity index (χ0v) is 10.4. The second-order valence-electron chi connectivity index (χ2n) is 5.48. The van der Waals surface area contributed by atoms with E-state index < -0.39 is 0 Å². The van der Waals surface area contributed by atoms with E-state index in [1.165, 1.54) is 12.8 Å². The molecule has 0 radical (unpaired) electrons. The average molecular weight is 227 g/mol. The number of ether oxygens (including phenoxy) is 1. The molecule has 16 heavy (non-hydrogen) atoms. The van der Waals surface area contributed by atoms with Crippen molar-refractivity contribution < 1.29 is 9.84 Å². The molecule has 0 bridgehead atoms. The van der Waals surface area contributed by atoms with Gasteiger partial charge >= 0.3 is 0 Å². The lowest BCUT2D eigenvalue weighted by atomic mass is 9.98. The van der Waals surface area contributed by atoms with Crippen molar-refractivity contribution >= 4 is 0 Å². The predicted molar refractivity (Wildman–Crippen MR) is 64.4 cm³/mol. The maximum Gasteiger partial charge on any atom is 0.0587 e. The Morgan fingerprint density at radius 3 is 2.88 bits per heavy atom. The van der Waals surface area contributed by atoms with Crippen LogP contribution in [-0.2, 0) is 4.74 Å². The number of aliphatic hydroxyl groups is 1. The van der Waals surface area contributed by atoms with Gasteiger partial charge in [-0.15, -0.1) is 0 Å². The Hall–Kier alpha value is -0.120. The summed E-state index contributed by atoms with van der Waals surface area (Å²) in [4.78, 5) is 0. The fourth-order valence-corrected chi connectivity index (χ4v) is 2.64. The van der Waals surface area contributed by atoms with Gasteiger partial charge in [-0.05, 0) is 43.9 Å². The van der Waals surface area contributed by atoms with E-state index in [9.17, 15) is 0 Å². The Bertz CT molecular complexity index is 216. The number of hydrogen-bond acceptors (Lipinski definition) is 3. The predicted octanol–water partition coefficient (Wildman–Crippen LogP) is 1.70. The summed E-state index contributed by atoms with van der Waals surface area (Å²) in [6.45, 7) is 4.53. The highest BCUT2D eigenvalue weighted by molar-refractivity contribution is 4.95. The minimum atomic E-state index is 0.340. The molecule has 2 unspecified atom stereocenters.